The maximum Gasteiger partial charge on any atom is -0.0114 e. The summed E-state index contributed by atoms with van der Waals surface area (Å²) in [4.78, 5) is 0. The molecule has 124 valence electrons. The van der Waals surface area contributed by atoms with Crippen LogP contribution < -0.4 is 0 Å². The van der Waals surface area contributed by atoms with E-state index < -0.39 is 0 Å². The molecule has 2 aromatic rings. The van der Waals surface area contributed by atoms with Crippen LogP contribution in [0.25, 0.3) is 11.1 Å². The second-order valence-electron chi connectivity index (χ2n) is 8.46. The molecular formula is C23H32. The van der Waals surface area contributed by atoms with E-state index in [9.17, 15) is 0 Å². The third kappa shape index (κ3) is 3.86. The minimum atomic E-state index is 0.180. The lowest BCUT2D eigenvalue weighted by molar-refractivity contribution is 0.587. The summed E-state index contributed by atoms with van der Waals surface area (Å²) in [6.45, 7) is 18.3. The van der Waals surface area contributed by atoms with Gasteiger partial charge in [0.2, 0.25) is 0 Å². The van der Waals surface area contributed by atoms with Gasteiger partial charge in [-0.3, -0.25) is 0 Å². The van der Waals surface area contributed by atoms with E-state index in [0.29, 0.717) is 11.8 Å². The fourth-order valence-corrected chi connectivity index (χ4v) is 3.08. The molecule has 0 nitrogen and oxygen atoms in total. The monoisotopic (exact) mass is 308 g/mol. The van der Waals surface area contributed by atoms with E-state index in [1.165, 1.54) is 33.4 Å². The maximum absolute atomic E-state index is 2.44. The Balaban J connectivity index is 2.80. The number of rotatable bonds is 3. The van der Waals surface area contributed by atoms with Crippen molar-refractivity contribution in [1.82, 2.24) is 0 Å². The molecule has 0 amide bonds. The zero-order valence-electron chi connectivity index (χ0n) is 16.1. The van der Waals surface area contributed by atoms with Gasteiger partial charge in [0.1, 0.15) is 0 Å². The average molecular weight is 309 g/mol. The van der Waals surface area contributed by atoms with Crippen LogP contribution in [0.2, 0.25) is 0 Å². The first-order valence-corrected chi connectivity index (χ1v) is 8.86. The first kappa shape index (κ1) is 17.8. The highest BCUT2D eigenvalue weighted by Gasteiger charge is 2.22. The van der Waals surface area contributed by atoms with Crippen molar-refractivity contribution in [2.24, 2.45) is 0 Å². The zero-order valence-corrected chi connectivity index (χ0v) is 16.1. The SMILES string of the molecule is Cc1ccc(-c2c(C(C)C)cc(C(C)(C)C)cc2C(C)C)cc1. The maximum atomic E-state index is 2.44. The van der Waals surface area contributed by atoms with Crippen LogP contribution in [-0.4, -0.2) is 0 Å². The van der Waals surface area contributed by atoms with Gasteiger partial charge in [0, 0.05) is 0 Å². The largest absolute Gasteiger partial charge is 0.0587 e. The second kappa shape index (κ2) is 6.51. The molecule has 0 aromatic heterocycles. The molecule has 0 atom stereocenters. The van der Waals surface area contributed by atoms with E-state index in [0.717, 1.165) is 0 Å². The van der Waals surface area contributed by atoms with Gasteiger partial charge in [0.25, 0.3) is 0 Å². The summed E-state index contributed by atoms with van der Waals surface area (Å²) in [5.41, 5.74) is 8.69. The molecule has 0 radical (unpaired) electrons. The molecule has 0 aliphatic heterocycles. The molecule has 0 aliphatic carbocycles. The molecule has 0 spiro atoms. The fraction of sp³-hybridized carbons (Fsp3) is 0.478. The van der Waals surface area contributed by atoms with Gasteiger partial charge < -0.3 is 0 Å². The smallest absolute Gasteiger partial charge is 0.0114 e. The van der Waals surface area contributed by atoms with Crippen molar-refractivity contribution in [3.05, 3.63) is 58.7 Å². The summed E-state index contributed by atoms with van der Waals surface area (Å²) in [5, 5.41) is 0. The van der Waals surface area contributed by atoms with Crippen LogP contribution in [0.3, 0.4) is 0 Å². The minimum Gasteiger partial charge on any atom is -0.0587 e. The Morgan fingerprint density at radius 1 is 0.739 bits per heavy atom. The molecule has 0 bridgehead atoms. The summed E-state index contributed by atoms with van der Waals surface area (Å²) < 4.78 is 0. The Kier molecular flexibility index (Phi) is 5.04. The molecule has 0 saturated heterocycles. The summed E-state index contributed by atoms with van der Waals surface area (Å²) in [6, 6.07) is 13.9. The molecule has 0 N–H and O–H groups in total. The molecule has 2 aromatic carbocycles. The molecule has 0 heterocycles. The number of benzene rings is 2. The van der Waals surface area contributed by atoms with Gasteiger partial charge in [0.05, 0.1) is 0 Å². The summed E-state index contributed by atoms with van der Waals surface area (Å²) in [6.07, 6.45) is 0. The van der Waals surface area contributed by atoms with Crippen molar-refractivity contribution in [3.63, 3.8) is 0 Å². The summed E-state index contributed by atoms with van der Waals surface area (Å²) in [5.74, 6) is 1.04. The second-order valence-corrected chi connectivity index (χ2v) is 8.46. The molecule has 0 saturated carbocycles. The van der Waals surface area contributed by atoms with Gasteiger partial charge in [-0.15, -0.1) is 0 Å². The Labute approximate surface area is 143 Å². The molecule has 0 unspecified atom stereocenters. The van der Waals surface area contributed by atoms with E-state index in [1.807, 2.05) is 0 Å². The Hall–Kier alpha value is -1.56. The van der Waals surface area contributed by atoms with Crippen molar-refractivity contribution < 1.29 is 0 Å². The van der Waals surface area contributed by atoms with Crippen LogP contribution in [0.1, 0.15) is 82.6 Å². The topological polar surface area (TPSA) is 0 Å². The van der Waals surface area contributed by atoms with Crippen molar-refractivity contribution in [3.8, 4) is 11.1 Å². The van der Waals surface area contributed by atoms with E-state index in [1.54, 1.807) is 0 Å². The van der Waals surface area contributed by atoms with Gasteiger partial charge in [-0.05, 0) is 52.0 Å². The standard InChI is InChI=1S/C23H32/c1-15(2)20-13-19(23(6,7)8)14-21(16(3)4)22(20)18-11-9-17(5)10-12-18/h9-16H,1-8H3. The number of hydrogen-bond acceptors (Lipinski definition) is 0. The van der Waals surface area contributed by atoms with Crippen LogP contribution in [0.15, 0.2) is 36.4 Å². The van der Waals surface area contributed by atoms with E-state index in [2.05, 4.69) is 91.8 Å². The van der Waals surface area contributed by atoms with Crippen LogP contribution in [-0.2, 0) is 5.41 Å². The van der Waals surface area contributed by atoms with Gasteiger partial charge >= 0.3 is 0 Å². The highest BCUT2D eigenvalue weighted by atomic mass is 14.3. The molecular weight excluding hydrogens is 276 g/mol. The van der Waals surface area contributed by atoms with Crippen molar-refractivity contribution in [2.75, 3.05) is 0 Å². The number of hydrogen-bond donors (Lipinski definition) is 0. The van der Waals surface area contributed by atoms with Crippen molar-refractivity contribution in [2.45, 2.75) is 72.6 Å². The quantitative estimate of drug-likeness (QED) is 0.562. The lowest BCUT2D eigenvalue weighted by Gasteiger charge is -2.27. The Morgan fingerprint density at radius 3 is 1.52 bits per heavy atom. The molecule has 2 rings (SSSR count). The van der Waals surface area contributed by atoms with Crippen LogP contribution >= 0.6 is 0 Å². The van der Waals surface area contributed by atoms with Crippen molar-refractivity contribution in [1.29, 1.82) is 0 Å². The highest BCUT2D eigenvalue weighted by Crippen LogP contribution is 2.39. The third-order valence-electron chi connectivity index (χ3n) is 4.65. The highest BCUT2D eigenvalue weighted by molar-refractivity contribution is 5.73. The molecule has 23 heavy (non-hydrogen) atoms. The first-order chi connectivity index (χ1) is 10.6. The van der Waals surface area contributed by atoms with E-state index in [4.69, 9.17) is 0 Å². The predicted molar refractivity (Wildman–Crippen MR) is 103 cm³/mol. The van der Waals surface area contributed by atoms with Crippen LogP contribution in [0, 0.1) is 6.92 Å². The van der Waals surface area contributed by atoms with Gasteiger partial charge in [0.15, 0.2) is 0 Å². The van der Waals surface area contributed by atoms with E-state index in [-0.39, 0.29) is 5.41 Å². The predicted octanol–water partition coefficient (Wildman–Crippen LogP) is 7.21. The van der Waals surface area contributed by atoms with Gasteiger partial charge in [-0.2, -0.15) is 0 Å². The molecule has 0 aliphatic rings. The van der Waals surface area contributed by atoms with Gasteiger partial charge in [-0.25, -0.2) is 0 Å². The Bertz CT molecular complexity index is 635. The normalized spacial score (nSPS) is 12.3. The summed E-state index contributed by atoms with van der Waals surface area (Å²) in [7, 11) is 0. The lowest BCUT2D eigenvalue weighted by atomic mass is 9.78. The van der Waals surface area contributed by atoms with Crippen LogP contribution in [0.5, 0.6) is 0 Å². The minimum absolute atomic E-state index is 0.180. The summed E-state index contributed by atoms with van der Waals surface area (Å²) >= 11 is 0. The van der Waals surface area contributed by atoms with E-state index >= 15 is 0 Å². The number of aryl methyl sites for hydroxylation is 1. The van der Waals surface area contributed by atoms with Crippen molar-refractivity contribution >= 4 is 0 Å². The molecule has 0 heteroatoms. The zero-order chi connectivity index (χ0) is 17.4. The van der Waals surface area contributed by atoms with Crippen LogP contribution in [0.4, 0.5) is 0 Å². The fourth-order valence-electron chi connectivity index (χ4n) is 3.08. The van der Waals surface area contributed by atoms with Gasteiger partial charge in [-0.1, -0.05) is 90.4 Å². The molecule has 0 fully saturated rings. The lowest BCUT2D eigenvalue weighted by Crippen LogP contribution is -2.14. The average Bonchev–Trinajstić information content (AvgIpc) is 2.45. The first-order valence-electron chi connectivity index (χ1n) is 8.86. The third-order valence-corrected chi connectivity index (χ3v) is 4.65. The Morgan fingerprint density at radius 2 is 1.17 bits per heavy atom.